The first kappa shape index (κ1) is 21.6. The van der Waals surface area contributed by atoms with E-state index in [4.69, 9.17) is 14.7 Å². The number of esters is 2. The maximum atomic E-state index is 12.8. The summed E-state index contributed by atoms with van der Waals surface area (Å²) in [7, 11) is 1.16. The van der Waals surface area contributed by atoms with E-state index in [-0.39, 0.29) is 22.5 Å². The number of hydrogen-bond acceptors (Lipinski definition) is 9. The second kappa shape index (κ2) is 9.00. The smallest absolute Gasteiger partial charge is 0.337 e. The van der Waals surface area contributed by atoms with E-state index in [0.717, 1.165) is 13.3 Å². The molecule has 0 aliphatic carbocycles. The molecule has 1 atom stereocenters. The van der Waals surface area contributed by atoms with Crippen molar-refractivity contribution in [1.29, 1.82) is 0 Å². The summed E-state index contributed by atoms with van der Waals surface area (Å²) in [6.45, 7) is 4.93. The van der Waals surface area contributed by atoms with Gasteiger partial charge in [-0.3, -0.25) is 10.1 Å². The molecular weight excluding hydrogens is 382 g/mol. The lowest BCUT2D eigenvalue weighted by Gasteiger charge is -2.30. The zero-order valence-corrected chi connectivity index (χ0v) is 16.3. The molecule has 154 valence electrons. The Kier molecular flexibility index (Phi) is 6.71. The van der Waals surface area contributed by atoms with Gasteiger partial charge in [0.1, 0.15) is 0 Å². The van der Waals surface area contributed by atoms with Gasteiger partial charge in [-0.25, -0.2) is 9.59 Å². The number of dihydropyridines is 1. The molecule has 0 radical (unpaired) electrons. The van der Waals surface area contributed by atoms with Crippen LogP contribution in [-0.2, 0) is 19.1 Å². The van der Waals surface area contributed by atoms with Crippen molar-refractivity contribution in [3.05, 3.63) is 62.5 Å². The van der Waals surface area contributed by atoms with Crippen LogP contribution in [0, 0.1) is 10.1 Å². The van der Waals surface area contributed by atoms with Gasteiger partial charge in [0.25, 0.3) is 5.69 Å². The largest absolute Gasteiger partial charge is 0.466 e. The fourth-order valence-electron chi connectivity index (χ4n) is 3.05. The van der Waals surface area contributed by atoms with Crippen molar-refractivity contribution >= 4 is 23.8 Å². The van der Waals surface area contributed by atoms with E-state index in [1.54, 1.807) is 26.8 Å². The van der Waals surface area contributed by atoms with Gasteiger partial charge in [-0.15, -0.1) is 0 Å². The first-order chi connectivity index (χ1) is 13.7. The van der Waals surface area contributed by atoms with Gasteiger partial charge in [0.15, 0.2) is 0 Å². The Hall–Kier alpha value is -3.69. The van der Waals surface area contributed by atoms with Gasteiger partial charge in [0.2, 0.25) is 0 Å². The Bertz CT molecular complexity index is 931. The van der Waals surface area contributed by atoms with Crippen molar-refractivity contribution in [1.82, 2.24) is 5.32 Å². The lowest BCUT2D eigenvalue weighted by atomic mass is 9.80. The molecule has 0 saturated heterocycles. The molecule has 1 aromatic rings. The average molecular weight is 403 g/mol. The van der Waals surface area contributed by atoms with E-state index in [9.17, 15) is 19.7 Å². The van der Waals surface area contributed by atoms with E-state index in [0.29, 0.717) is 11.3 Å². The number of allylic oxidation sites excluding steroid dienone is 2. The van der Waals surface area contributed by atoms with Gasteiger partial charge in [-0.05, 0) is 26.3 Å². The molecule has 1 aliphatic heterocycles. The second-order valence-corrected chi connectivity index (χ2v) is 6.47. The van der Waals surface area contributed by atoms with Gasteiger partial charge < -0.3 is 20.0 Å². The third-order valence-corrected chi connectivity index (χ3v) is 4.16. The number of non-ortho nitro benzene ring substituents is 1. The molecule has 2 rings (SSSR count). The first-order valence-electron chi connectivity index (χ1n) is 8.64. The maximum absolute atomic E-state index is 12.8. The molecule has 29 heavy (non-hydrogen) atoms. The molecule has 1 aliphatic rings. The molecule has 2 N–H and O–H groups in total. The van der Waals surface area contributed by atoms with Crippen molar-refractivity contribution in [2.75, 3.05) is 7.11 Å². The summed E-state index contributed by atoms with van der Waals surface area (Å²) in [5.74, 6) is -2.53. The number of oxime groups is 1. The van der Waals surface area contributed by atoms with Gasteiger partial charge >= 0.3 is 11.9 Å². The summed E-state index contributed by atoms with van der Waals surface area (Å²) >= 11 is 0. The van der Waals surface area contributed by atoms with Crippen LogP contribution >= 0.6 is 0 Å². The number of benzene rings is 1. The Balaban J connectivity index is 2.78. The third-order valence-electron chi connectivity index (χ3n) is 4.16. The van der Waals surface area contributed by atoms with Crippen molar-refractivity contribution in [3.63, 3.8) is 0 Å². The molecule has 0 saturated carbocycles. The van der Waals surface area contributed by atoms with Crippen LogP contribution in [0.4, 0.5) is 5.69 Å². The topological polar surface area (TPSA) is 140 Å². The molecule has 10 heteroatoms. The van der Waals surface area contributed by atoms with Crippen LogP contribution in [0.2, 0.25) is 0 Å². The number of nitrogens with zero attached hydrogens (tertiary/aromatic N) is 2. The fourth-order valence-corrected chi connectivity index (χ4v) is 3.05. The number of nitro groups is 1. The molecule has 0 aromatic heterocycles. The van der Waals surface area contributed by atoms with Crippen LogP contribution in [-0.4, -0.2) is 41.5 Å². The summed E-state index contributed by atoms with van der Waals surface area (Å²) < 4.78 is 10.2. The summed E-state index contributed by atoms with van der Waals surface area (Å²) in [4.78, 5) is 36.1. The molecule has 1 aromatic carbocycles. The summed E-state index contributed by atoms with van der Waals surface area (Å²) in [5.41, 5.74) is 0.572. The number of carbonyl (C=O) groups excluding carboxylic acids is 2. The van der Waals surface area contributed by atoms with Crippen LogP contribution in [0.1, 0.15) is 32.3 Å². The highest BCUT2D eigenvalue weighted by Gasteiger charge is 2.39. The van der Waals surface area contributed by atoms with E-state index < -0.39 is 28.9 Å². The van der Waals surface area contributed by atoms with E-state index in [1.807, 2.05) is 0 Å². The molecule has 1 unspecified atom stereocenters. The summed E-state index contributed by atoms with van der Waals surface area (Å²) in [6.07, 6.45) is 0.560. The highest BCUT2D eigenvalue weighted by Crippen LogP contribution is 2.40. The van der Waals surface area contributed by atoms with Crippen LogP contribution in [0.15, 0.2) is 52.0 Å². The molecule has 0 amide bonds. The molecule has 10 nitrogen and oxygen atoms in total. The fraction of sp³-hybridized carbons (Fsp3) is 0.316. The van der Waals surface area contributed by atoms with Crippen molar-refractivity contribution in [3.8, 4) is 0 Å². The van der Waals surface area contributed by atoms with Crippen LogP contribution in [0.3, 0.4) is 0 Å². The lowest BCUT2D eigenvalue weighted by molar-refractivity contribution is -0.384. The van der Waals surface area contributed by atoms with Gasteiger partial charge in [-0.2, -0.15) is 0 Å². The van der Waals surface area contributed by atoms with Crippen molar-refractivity contribution < 1.29 is 29.2 Å². The van der Waals surface area contributed by atoms with Crippen LogP contribution in [0.5, 0.6) is 0 Å². The average Bonchev–Trinajstić information content (AvgIpc) is 2.66. The Morgan fingerprint density at radius 3 is 2.55 bits per heavy atom. The summed E-state index contributed by atoms with van der Waals surface area (Å²) in [5, 5.41) is 26.0. The highest BCUT2D eigenvalue weighted by molar-refractivity contribution is 6.04. The molecule has 0 bridgehead atoms. The zero-order valence-electron chi connectivity index (χ0n) is 16.3. The molecule has 1 heterocycles. The Morgan fingerprint density at radius 1 is 1.31 bits per heavy atom. The predicted octanol–water partition coefficient (Wildman–Crippen LogP) is 2.39. The lowest BCUT2D eigenvalue weighted by Crippen LogP contribution is -2.34. The number of methoxy groups -OCH3 is 1. The molecule has 0 spiro atoms. The number of hydrogen-bond donors (Lipinski definition) is 2. The van der Waals surface area contributed by atoms with Gasteiger partial charge in [0, 0.05) is 17.8 Å². The highest BCUT2D eigenvalue weighted by atomic mass is 16.6. The minimum absolute atomic E-state index is 0.0490. The summed E-state index contributed by atoms with van der Waals surface area (Å²) in [6, 6.07) is 5.56. The number of nitrogens with one attached hydrogen (secondary N) is 1. The SMILES string of the molecule is COC(=O)C1=C(C=NO)NC(C)=C(C(=O)OC(C)C)C1c1cccc([N+](=O)[O-])c1. The van der Waals surface area contributed by atoms with Crippen molar-refractivity contribution in [2.45, 2.75) is 32.8 Å². The Morgan fingerprint density at radius 2 is 2.00 bits per heavy atom. The van der Waals surface area contributed by atoms with Gasteiger partial charge in [-0.1, -0.05) is 17.3 Å². The third kappa shape index (κ3) is 4.60. The van der Waals surface area contributed by atoms with Crippen LogP contribution < -0.4 is 5.32 Å². The standard InChI is InChI=1S/C19H21N3O7/c1-10(2)29-19(24)15-11(3)21-14(9-20-25)17(18(23)28-4)16(15)12-6-5-7-13(8-12)22(26)27/h5-10,16,21,25H,1-4H3. The normalized spacial score (nSPS) is 16.8. The van der Waals surface area contributed by atoms with Gasteiger partial charge in [0.05, 0.1) is 47.1 Å². The number of nitro benzene ring substituents is 1. The predicted molar refractivity (Wildman–Crippen MR) is 102 cm³/mol. The minimum atomic E-state index is -1.04. The number of ether oxygens (including phenoxy) is 2. The maximum Gasteiger partial charge on any atom is 0.337 e. The minimum Gasteiger partial charge on any atom is -0.466 e. The van der Waals surface area contributed by atoms with E-state index in [1.165, 1.54) is 18.2 Å². The number of carbonyl (C=O) groups is 2. The second-order valence-electron chi connectivity index (χ2n) is 6.47. The van der Waals surface area contributed by atoms with Crippen molar-refractivity contribution in [2.24, 2.45) is 5.16 Å². The monoisotopic (exact) mass is 403 g/mol. The first-order valence-corrected chi connectivity index (χ1v) is 8.64. The quantitative estimate of drug-likeness (QED) is 0.243. The zero-order chi connectivity index (χ0) is 21.7. The molecular formula is C19H21N3O7. The Labute approximate surface area is 166 Å². The van der Waals surface area contributed by atoms with E-state index >= 15 is 0 Å². The molecule has 0 fully saturated rings. The van der Waals surface area contributed by atoms with E-state index in [2.05, 4.69) is 10.5 Å². The van der Waals surface area contributed by atoms with Crippen LogP contribution in [0.25, 0.3) is 0 Å². The number of rotatable bonds is 6.